The number of halogens is 1. The van der Waals surface area contributed by atoms with E-state index in [0.29, 0.717) is 13.0 Å². The van der Waals surface area contributed by atoms with E-state index < -0.39 is 28.5 Å². The molecule has 41 heavy (non-hydrogen) atoms. The Balaban J connectivity index is 2.10. The SMILES string of the molecule is CCCCNC(=O)[C@@H](CC)N(Cc1ccccc1C)C(=O)CN(c1cc(Cl)ccc1OC)S(=O)(=O)c1ccccc1. The molecule has 0 bridgehead atoms. The second kappa shape index (κ2) is 14.9. The molecular formula is C31H38ClN3O5S. The molecule has 0 aromatic heterocycles. The summed E-state index contributed by atoms with van der Waals surface area (Å²) in [7, 11) is -2.82. The average Bonchev–Trinajstić information content (AvgIpc) is 2.97. The number of aryl methyl sites for hydroxylation is 1. The fourth-order valence-electron chi connectivity index (χ4n) is 4.49. The van der Waals surface area contributed by atoms with Gasteiger partial charge in [0.1, 0.15) is 18.3 Å². The van der Waals surface area contributed by atoms with Crippen molar-refractivity contribution in [3.8, 4) is 5.75 Å². The zero-order chi connectivity index (χ0) is 30.0. The predicted octanol–water partition coefficient (Wildman–Crippen LogP) is 5.58. The summed E-state index contributed by atoms with van der Waals surface area (Å²) in [6.07, 6.45) is 2.07. The summed E-state index contributed by atoms with van der Waals surface area (Å²) in [6, 6.07) is 19.2. The van der Waals surface area contributed by atoms with Gasteiger partial charge >= 0.3 is 0 Å². The third-order valence-corrected chi connectivity index (χ3v) is 8.85. The highest BCUT2D eigenvalue weighted by atomic mass is 35.5. The molecule has 0 aliphatic carbocycles. The number of benzene rings is 3. The van der Waals surface area contributed by atoms with E-state index in [0.717, 1.165) is 28.3 Å². The van der Waals surface area contributed by atoms with Crippen LogP contribution in [0.25, 0.3) is 0 Å². The van der Waals surface area contributed by atoms with Crippen LogP contribution in [0.3, 0.4) is 0 Å². The molecule has 0 aliphatic heterocycles. The first-order chi connectivity index (χ1) is 19.6. The van der Waals surface area contributed by atoms with Crippen molar-refractivity contribution in [1.29, 1.82) is 0 Å². The molecule has 8 nitrogen and oxygen atoms in total. The van der Waals surface area contributed by atoms with Crippen LogP contribution in [-0.4, -0.2) is 51.4 Å². The predicted molar refractivity (Wildman–Crippen MR) is 163 cm³/mol. The molecule has 1 N–H and O–H groups in total. The molecule has 3 aromatic carbocycles. The highest BCUT2D eigenvalue weighted by Crippen LogP contribution is 2.35. The standard InChI is InChI=1S/C31H38ClN3O5S/c1-5-7-19-33-31(37)27(6-2)34(21-24-14-12-11-13-23(24)3)30(36)22-35(28-20-25(32)17-18-29(28)40-4)41(38,39)26-15-9-8-10-16-26/h8-18,20,27H,5-7,19,21-22H2,1-4H3,(H,33,37)/t27-/m1/s1. The molecule has 0 unspecified atom stereocenters. The molecule has 220 valence electrons. The average molecular weight is 600 g/mol. The van der Waals surface area contributed by atoms with Gasteiger partial charge in [-0.25, -0.2) is 8.42 Å². The van der Waals surface area contributed by atoms with Gasteiger partial charge in [-0.3, -0.25) is 13.9 Å². The van der Waals surface area contributed by atoms with Crippen molar-refractivity contribution in [1.82, 2.24) is 10.2 Å². The Morgan fingerprint density at radius 3 is 2.32 bits per heavy atom. The van der Waals surface area contributed by atoms with Crippen LogP contribution in [0, 0.1) is 6.92 Å². The minimum absolute atomic E-state index is 0.00429. The van der Waals surface area contributed by atoms with E-state index in [1.54, 1.807) is 30.3 Å². The van der Waals surface area contributed by atoms with Crippen molar-refractivity contribution < 1.29 is 22.7 Å². The lowest BCUT2D eigenvalue weighted by Gasteiger charge is -2.33. The van der Waals surface area contributed by atoms with Gasteiger partial charge in [0, 0.05) is 18.1 Å². The first-order valence-corrected chi connectivity index (χ1v) is 15.5. The number of hydrogen-bond donors (Lipinski definition) is 1. The number of carbonyl (C=O) groups is 2. The quantitative estimate of drug-likeness (QED) is 0.244. The van der Waals surface area contributed by atoms with Gasteiger partial charge in [0.25, 0.3) is 10.0 Å². The van der Waals surface area contributed by atoms with Crippen molar-refractivity contribution in [3.63, 3.8) is 0 Å². The van der Waals surface area contributed by atoms with Gasteiger partial charge in [-0.15, -0.1) is 0 Å². The van der Waals surface area contributed by atoms with E-state index in [-0.39, 0.29) is 33.8 Å². The zero-order valence-electron chi connectivity index (χ0n) is 24.0. The van der Waals surface area contributed by atoms with Gasteiger partial charge in [-0.2, -0.15) is 0 Å². The van der Waals surface area contributed by atoms with E-state index in [1.807, 2.05) is 45.0 Å². The number of sulfonamides is 1. The molecule has 3 aromatic rings. The van der Waals surface area contributed by atoms with E-state index in [2.05, 4.69) is 5.32 Å². The number of rotatable bonds is 14. The van der Waals surface area contributed by atoms with E-state index in [4.69, 9.17) is 16.3 Å². The number of unbranched alkanes of at least 4 members (excludes halogenated alkanes) is 1. The minimum atomic E-state index is -4.24. The van der Waals surface area contributed by atoms with Crippen LogP contribution >= 0.6 is 11.6 Å². The van der Waals surface area contributed by atoms with Crippen molar-refractivity contribution >= 4 is 39.1 Å². The molecule has 0 aliphatic rings. The van der Waals surface area contributed by atoms with Crippen molar-refractivity contribution in [2.45, 2.75) is 57.5 Å². The third-order valence-electron chi connectivity index (χ3n) is 6.84. The Labute approximate surface area is 248 Å². The van der Waals surface area contributed by atoms with Crippen molar-refractivity contribution in [3.05, 3.63) is 88.9 Å². The summed E-state index contributed by atoms with van der Waals surface area (Å²) in [4.78, 5) is 29.0. The van der Waals surface area contributed by atoms with Crippen LogP contribution < -0.4 is 14.4 Å². The number of methoxy groups -OCH3 is 1. The molecular weight excluding hydrogens is 562 g/mol. The van der Waals surface area contributed by atoms with Gasteiger partial charge in [0.2, 0.25) is 11.8 Å². The number of hydrogen-bond acceptors (Lipinski definition) is 5. The van der Waals surface area contributed by atoms with Crippen molar-refractivity contribution in [2.75, 3.05) is 24.5 Å². The Bertz CT molecular complexity index is 1430. The van der Waals surface area contributed by atoms with E-state index >= 15 is 0 Å². The molecule has 3 rings (SSSR count). The lowest BCUT2D eigenvalue weighted by atomic mass is 10.1. The fraction of sp³-hybridized carbons (Fsp3) is 0.355. The lowest BCUT2D eigenvalue weighted by molar-refractivity contribution is -0.140. The number of nitrogens with zero attached hydrogens (tertiary/aromatic N) is 2. The van der Waals surface area contributed by atoms with Gasteiger partial charge in [-0.1, -0.05) is 74.3 Å². The maximum Gasteiger partial charge on any atom is 0.264 e. The van der Waals surface area contributed by atoms with E-state index in [1.165, 1.54) is 30.2 Å². The van der Waals surface area contributed by atoms with Gasteiger partial charge in [0.15, 0.2) is 0 Å². The summed E-state index contributed by atoms with van der Waals surface area (Å²) in [5.74, 6) is -0.579. The molecule has 0 saturated carbocycles. The second-order valence-electron chi connectivity index (χ2n) is 9.66. The van der Waals surface area contributed by atoms with Crippen LogP contribution in [0.5, 0.6) is 5.75 Å². The Kier molecular flexibility index (Phi) is 11.6. The molecule has 0 radical (unpaired) electrons. The highest BCUT2D eigenvalue weighted by molar-refractivity contribution is 7.92. The maximum absolute atomic E-state index is 14.2. The second-order valence-corrected chi connectivity index (χ2v) is 12.0. The largest absolute Gasteiger partial charge is 0.495 e. The zero-order valence-corrected chi connectivity index (χ0v) is 25.5. The van der Waals surface area contributed by atoms with Crippen molar-refractivity contribution in [2.24, 2.45) is 0 Å². The summed E-state index contributed by atoms with van der Waals surface area (Å²) in [6.45, 7) is 5.86. The third kappa shape index (κ3) is 8.01. The first kappa shape index (κ1) is 32.0. The van der Waals surface area contributed by atoms with Crippen LogP contribution in [0.4, 0.5) is 5.69 Å². The highest BCUT2D eigenvalue weighted by Gasteiger charge is 2.35. The Morgan fingerprint density at radius 1 is 1.00 bits per heavy atom. The van der Waals surface area contributed by atoms with Crippen LogP contribution in [0.15, 0.2) is 77.7 Å². The van der Waals surface area contributed by atoms with Crippen LogP contribution in [0.2, 0.25) is 5.02 Å². The Morgan fingerprint density at radius 2 is 1.68 bits per heavy atom. The molecule has 0 spiro atoms. The molecule has 10 heteroatoms. The molecule has 0 heterocycles. The van der Waals surface area contributed by atoms with E-state index in [9.17, 15) is 18.0 Å². The summed E-state index contributed by atoms with van der Waals surface area (Å²) in [5.41, 5.74) is 1.93. The van der Waals surface area contributed by atoms with Crippen LogP contribution in [-0.2, 0) is 26.2 Å². The minimum Gasteiger partial charge on any atom is -0.495 e. The number of amides is 2. The smallest absolute Gasteiger partial charge is 0.264 e. The lowest BCUT2D eigenvalue weighted by Crippen LogP contribution is -2.52. The molecule has 1 atom stereocenters. The molecule has 0 fully saturated rings. The van der Waals surface area contributed by atoms with Crippen LogP contribution in [0.1, 0.15) is 44.2 Å². The monoisotopic (exact) mass is 599 g/mol. The summed E-state index contributed by atoms with van der Waals surface area (Å²) < 4.78 is 34.5. The fourth-order valence-corrected chi connectivity index (χ4v) is 6.09. The summed E-state index contributed by atoms with van der Waals surface area (Å²) >= 11 is 6.29. The topological polar surface area (TPSA) is 96.0 Å². The number of ether oxygens (including phenoxy) is 1. The first-order valence-electron chi connectivity index (χ1n) is 13.7. The number of carbonyl (C=O) groups excluding carboxylic acids is 2. The maximum atomic E-state index is 14.2. The molecule has 2 amide bonds. The number of nitrogens with one attached hydrogen (secondary N) is 1. The normalized spacial score (nSPS) is 11.9. The number of anilines is 1. The van der Waals surface area contributed by atoms with Gasteiger partial charge in [-0.05, 0) is 61.2 Å². The van der Waals surface area contributed by atoms with Gasteiger partial charge < -0.3 is 15.0 Å². The molecule has 0 saturated heterocycles. The van der Waals surface area contributed by atoms with Gasteiger partial charge in [0.05, 0.1) is 17.7 Å². The Hall–Kier alpha value is -3.56. The summed E-state index contributed by atoms with van der Waals surface area (Å²) in [5, 5.41) is 3.21.